The first-order valence-corrected chi connectivity index (χ1v) is 5.73. The number of nitrogens with zero attached hydrogens (tertiary/aromatic N) is 2. The van der Waals surface area contributed by atoms with Crippen molar-refractivity contribution < 1.29 is 17.6 Å². The molecule has 0 saturated heterocycles. The Bertz CT molecular complexity index is 623. The second-order valence-corrected chi connectivity index (χ2v) is 4.31. The highest BCUT2D eigenvalue weighted by atomic mass is 19.4. The highest BCUT2D eigenvalue weighted by Crippen LogP contribution is 2.30. The molecule has 2 aromatic heterocycles. The number of aromatic nitrogens is 2. The van der Waals surface area contributed by atoms with Crippen molar-refractivity contribution in [3.63, 3.8) is 0 Å². The second kappa shape index (κ2) is 5.16. The lowest BCUT2D eigenvalue weighted by Crippen LogP contribution is -2.10. The number of pyridine rings is 2. The maximum atomic E-state index is 13.7. The zero-order valence-corrected chi connectivity index (χ0v) is 10.4. The van der Waals surface area contributed by atoms with Crippen LogP contribution in [0.1, 0.15) is 24.4 Å². The molecule has 2 aromatic rings. The highest BCUT2D eigenvalue weighted by molar-refractivity contribution is 5.62. The van der Waals surface area contributed by atoms with Gasteiger partial charge >= 0.3 is 6.18 Å². The number of hydrogen-bond acceptors (Lipinski definition) is 3. The summed E-state index contributed by atoms with van der Waals surface area (Å²) in [6.45, 7) is 1.57. The molecule has 0 aliphatic rings. The third kappa shape index (κ3) is 2.93. The molecule has 0 aliphatic carbocycles. The molecule has 0 amide bonds. The van der Waals surface area contributed by atoms with Gasteiger partial charge in [0.25, 0.3) is 0 Å². The van der Waals surface area contributed by atoms with Crippen LogP contribution in [0.3, 0.4) is 0 Å². The maximum Gasteiger partial charge on any atom is 0.433 e. The molecule has 2 heterocycles. The summed E-state index contributed by atoms with van der Waals surface area (Å²) in [4.78, 5) is 7.09. The number of rotatable bonds is 2. The van der Waals surface area contributed by atoms with Crippen molar-refractivity contribution in [2.75, 3.05) is 0 Å². The van der Waals surface area contributed by atoms with Crippen molar-refractivity contribution in [1.29, 1.82) is 0 Å². The van der Waals surface area contributed by atoms with Crippen LogP contribution in [0.4, 0.5) is 17.6 Å². The minimum Gasteiger partial charge on any atom is -0.323 e. The number of hydrogen-bond donors (Lipinski definition) is 1. The van der Waals surface area contributed by atoms with Crippen molar-refractivity contribution >= 4 is 0 Å². The molecule has 7 heteroatoms. The Kier molecular flexibility index (Phi) is 3.71. The summed E-state index contributed by atoms with van der Waals surface area (Å²) in [5, 5.41) is 0. The van der Waals surface area contributed by atoms with Gasteiger partial charge in [-0.15, -0.1) is 0 Å². The summed E-state index contributed by atoms with van der Waals surface area (Å²) in [6.07, 6.45) is -2.24. The summed E-state index contributed by atoms with van der Waals surface area (Å²) in [5.41, 5.74) is 4.98. The largest absolute Gasteiger partial charge is 0.433 e. The molecule has 1 atom stereocenters. The van der Waals surface area contributed by atoms with E-state index in [9.17, 15) is 17.6 Å². The Morgan fingerprint density at radius 1 is 1.15 bits per heavy atom. The Morgan fingerprint density at radius 2 is 1.85 bits per heavy atom. The van der Waals surface area contributed by atoms with E-state index in [4.69, 9.17) is 5.73 Å². The van der Waals surface area contributed by atoms with Gasteiger partial charge in [-0.1, -0.05) is 0 Å². The predicted octanol–water partition coefficient (Wildman–Crippen LogP) is 3.32. The van der Waals surface area contributed by atoms with Crippen LogP contribution in [0.2, 0.25) is 0 Å². The molecule has 0 saturated carbocycles. The van der Waals surface area contributed by atoms with E-state index < -0.39 is 23.7 Å². The molecular formula is C13H11F4N3. The first kappa shape index (κ1) is 14.4. The van der Waals surface area contributed by atoms with Gasteiger partial charge in [0, 0.05) is 24.0 Å². The van der Waals surface area contributed by atoms with Crippen LogP contribution in [0.15, 0.2) is 30.6 Å². The summed E-state index contributed by atoms with van der Waals surface area (Å²) >= 11 is 0. The zero-order chi connectivity index (χ0) is 14.9. The quantitative estimate of drug-likeness (QED) is 0.861. The van der Waals surface area contributed by atoms with Gasteiger partial charge in [-0.05, 0) is 30.7 Å². The van der Waals surface area contributed by atoms with Crippen LogP contribution in [0, 0.1) is 5.82 Å². The van der Waals surface area contributed by atoms with Crippen LogP contribution in [-0.2, 0) is 6.18 Å². The van der Waals surface area contributed by atoms with E-state index in [1.807, 2.05) is 0 Å². The highest BCUT2D eigenvalue weighted by Gasteiger charge is 2.32. The molecule has 0 radical (unpaired) electrons. The smallest absolute Gasteiger partial charge is 0.323 e. The Balaban J connectivity index is 2.45. The number of alkyl halides is 3. The van der Waals surface area contributed by atoms with Gasteiger partial charge in [0.05, 0.1) is 5.69 Å². The van der Waals surface area contributed by atoms with Crippen LogP contribution in [-0.4, -0.2) is 9.97 Å². The van der Waals surface area contributed by atoms with E-state index >= 15 is 0 Å². The molecule has 20 heavy (non-hydrogen) atoms. The van der Waals surface area contributed by atoms with E-state index in [1.165, 1.54) is 12.3 Å². The topological polar surface area (TPSA) is 51.8 Å². The molecule has 0 aliphatic heterocycles. The van der Waals surface area contributed by atoms with E-state index in [-0.39, 0.29) is 16.8 Å². The molecule has 0 unspecified atom stereocenters. The minimum atomic E-state index is -4.55. The first-order valence-electron chi connectivity index (χ1n) is 5.73. The molecular weight excluding hydrogens is 274 g/mol. The van der Waals surface area contributed by atoms with E-state index in [0.29, 0.717) is 0 Å². The molecule has 0 aromatic carbocycles. The minimum absolute atomic E-state index is 0.0684. The summed E-state index contributed by atoms with van der Waals surface area (Å²) in [7, 11) is 0. The fraction of sp³-hybridized carbons (Fsp3) is 0.231. The van der Waals surface area contributed by atoms with Gasteiger partial charge in [0.15, 0.2) is 0 Å². The van der Waals surface area contributed by atoms with Crippen LogP contribution >= 0.6 is 0 Å². The second-order valence-electron chi connectivity index (χ2n) is 4.31. The average molecular weight is 285 g/mol. The van der Waals surface area contributed by atoms with E-state index in [2.05, 4.69) is 9.97 Å². The van der Waals surface area contributed by atoms with Crippen LogP contribution in [0.5, 0.6) is 0 Å². The summed E-state index contributed by atoms with van der Waals surface area (Å²) in [5.74, 6) is -0.650. The molecule has 2 rings (SSSR count). The standard InChI is InChI=1S/C13H11F4N3/c1-7(18)12-10(14)4-9(6-20-12)8-2-3-19-11(5-8)13(15,16)17/h2-7H,18H2,1H3/t7-/m0/s1. The molecule has 106 valence electrons. The van der Waals surface area contributed by atoms with Gasteiger partial charge in [-0.2, -0.15) is 13.2 Å². The average Bonchev–Trinajstić information content (AvgIpc) is 2.37. The summed E-state index contributed by atoms with van der Waals surface area (Å²) < 4.78 is 51.4. The molecule has 0 fully saturated rings. The van der Waals surface area contributed by atoms with Gasteiger partial charge < -0.3 is 5.73 Å². The van der Waals surface area contributed by atoms with Crippen LogP contribution < -0.4 is 5.73 Å². The van der Waals surface area contributed by atoms with Crippen molar-refractivity contribution in [1.82, 2.24) is 9.97 Å². The van der Waals surface area contributed by atoms with Crippen molar-refractivity contribution in [2.45, 2.75) is 19.1 Å². The Morgan fingerprint density at radius 3 is 2.40 bits per heavy atom. The third-order valence-electron chi connectivity index (χ3n) is 2.68. The molecule has 0 spiro atoms. The van der Waals surface area contributed by atoms with Gasteiger partial charge in [0.2, 0.25) is 0 Å². The Labute approximate surface area is 112 Å². The van der Waals surface area contributed by atoms with Gasteiger partial charge in [-0.25, -0.2) is 4.39 Å². The lowest BCUT2D eigenvalue weighted by Gasteiger charge is -2.10. The lowest BCUT2D eigenvalue weighted by molar-refractivity contribution is -0.141. The van der Waals surface area contributed by atoms with Crippen molar-refractivity contribution in [2.24, 2.45) is 5.73 Å². The van der Waals surface area contributed by atoms with Crippen molar-refractivity contribution in [3.05, 3.63) is 47.8 Å². The summed E-state index contributed by atoms with van der Waals surface area (Å²) in [6, 6.07) is 2.73. The van der Waals surface area contributed by atoms with E-state index in [1.54, 1.807) is 6.92 Å². The normalized spacial score (nSPS) is 13.3. The number of halogens is 4. The van der Waals surface area contributed by atoms with Gasteiger partial charge in [0.1, 0.15) is 11.5 Å². The number of nitrogens with two attached hydrogens (primary N) is 1. The predicted molar refractivity (Wildman–Crippen MR) is 65.0 cm³/mol. The third-order valence-corrected chi connectivity index (χ3v) is 2.68. The Hall–Kier alpha value is -2.02. The molecule has 0 bridgehead atoms. The lowest BCUT2D eigenvalue weighted by atomic mass is 10.1. The maximum absolute atomic E-state index is 13.7. The monoisotopic (exact) mass is 285 g/mol. The van der Waals surface area contributed by atoms with E-state index in [0.717, 1.165) is 18.3 Å². The molecule has 3 nitrogen and oxygen atoms in total. The fourth-order valence-electron chi connectivity index (χ4n) is 1.71. The van der Waals surface area contributed by atoms with Crippen molar-refractivity contribution in [3.8, 4) is 11.1 Å². The van der Waals surface area contributed by atoms with Gasteiger partial charge in [-0.3, -0.25) is 9.97 Å². The fourth-order valence-corrected chi connectivity index (χ4v) is 1.71. The van der Waals surface area contributed by atoms with Crippen LogP contribution in [0.25, 0.3) is 11.1 Å². The molecule has 2 N–H and O–H groups in total. The SMILES string of the molecule is C[C@H](N)c1ncc(-c2ccnc(C(F)(F)F)c2)cc1F. The zero-order valence-electron chi connectivity index (χ0n) is 10.4. The first-order chi connectivity index (χ1) is 9.29.